The first-order valence-corrected chi connectivity index (χ1v) is 35.9. The number of nitrogens with one attached hydrogen (secondary N) is 7. The molecule has 20 N–H and O–H groups in total. The minimum atomic E-state index is -4.94. The number of primary amides is 1. The number of hydrogen-bond donors (Lipinski definition) is 18. The molecule has 9 unspecified atom stereocenters. The molecule has 18 atom stereocenters. The average Bonchev–Trinajstić information content (AvgIpc) is 0.767. The Morgan fingerprint density at radius 1 is 0.748 bits per heavy atom. The number of alkyl halides is 3. The highest BCUT2D eigenvalue weighted by atomic mass is 35.5. The second-order valence-corrected chi connectivity index (χ2v) is 29.4. The van der Waals surface area contributed by atoms with Crippen molar-refractivity contribution in [2.45, 2.75) is 168 Å². The number of aliphatic hydroxyl groups excluding tert-OH is 5. The Labute approximate surface area is 642 Å². The number of nitrogens with zero attached hydrogens (tertiary/aromatic N) is 2. The maximum Gasteiger partial charge on any atom is 0.433 e. The largest absolute Gasteiger partial charge is 0.508 e. The number of hydrogen-bond acceptors (Lipinski definition) is 27. The molecule has 5 aromatic carbocycles. The number of rotatable bonds is 15. The van der Waals surface area contributed by atoms with E-state index in [0.717, 1.165) is 79.0 Å². The lowest BCUT2D eigenvalue weighted by Crippen LogP contribution is -2.64. The van der Waals surface area contributed by atoms with Gasteiger partial charge in [-0.2, -0.15) is 13.2 Å². The Morgan fingerprint density at radius 2 is 1.37 bits per heavy atom. The normalized spacial score (nSPS) is 28.0. The van der Waals surface area contributed by atoms with Crippen molar-refractivity contribution in [2.75, 3.05) is 12.8 Å². The minimum Gasteiger partial charge on any atom is -0.508 e. The molecule has 111 heavy (non-hydrogen) atoms. The van der Waals surface area contributed by atoms with E-state index in [1.54, 1.807) is 13.8 Å². The van der Waals surface area contributed by atoms with Crippen molar-refractivity contribution < 1.29 is 126 Å². The predicted octanol–water partition coefficient (Wildman–Crippen LogP) is 2.72. The van der Waals surface area contributed by atoms with Crippen LogP contribution in [-0.2, 0) is 58.7 Å². The van der Waals surface area contributed by atoms with Gasteiger partial charge in [-0.1, -0.05) is 67.0 Å². The number of amides is 7. The number of carboxylic acids is 1. The summed E-state index contributed by atoms with van der Waals surface area (Å²) in [6.07, 6.45) is -23.7. The highest BCUT2D eigenvalue weighted by molar-refractivity contribution is 7.99. The average molecular weight is 1610 g/mol. The van der Waals surface area contributed by atoms with E-state index >= 15 is 14.4 Å². The number of aliphatic hydroxyl groups is 5. The minimum absolute atomic E-state index is 0.130. The number of phenols is 3. The van der Waals surface area contributed by atoms with Crippen LogP contribution in [0.25, 0.3) is 11.1 Å². The number of carbonyl (C=O) groups excluding carboxylic acids is 7. The molecule has 2 fully saturated rings. The zero-order valence-corrected chi connectivity index (χ0v) is 61.3. The van der Waals surface area contributed by atoms with E-state index in [1.165, 1.54) is 27.0 Å². The monoisotopic (exact) mass is 1610 g/mol. The topological polar surface area (TPSA) is 536 Å². The molecular formula is C71H76Cl2F3N11O23S. The van der Waals surface area contributed by atoms with Gasteiger partial charge in [0, 0.05) is 46.7 Å². The van der Waals surface area contributed by atoms with E-state index < -0.39 is 270 Å². The molecule has 7 amide bonds. The predicted molar refractivity (Wildman–Crippen MR) is 380 cm³/mol. The Morgan fingerprint density at radius 3 is 1.97 bits per heavy atom. The number of fused-ring (bicyclic) bond motifs is 15. The molecule has 0 saturated carbocycles. The number of aliphatic carboxylic acids is 1. The Bertz CT molecular complexity index is 4630. The van der Waals surface area contributed by atoms with Gasteiger partial charge in [-0.05, 0) is 116 Å². The molecule has 6 aromatic rings. The number of benzene rings is 5. The van der Waals surface area contributed by atoms with E-state index in [0.29, 0.717) is 17.8 Å². The van der Waals surface area contributed by atoms with Crippen molar-refractivity contribution in [3.05, 3.63) is 135 Å². The summed E-state index contributed by atoms with van der Waals surface area (Å²) < 4.78 is 81.0. The van der Waals surface area contributed by atoms with Crippen LogP contribution in [-0.4, -0.2) is 195 Å². The fourth-order valence-corrected chi connectivity index (χ4v) is 14.5. The van der Waals surface area contributed by atoms with Gasteiger partial charge in [-0.15, -0.1) is 0 Å². The Hall–Kier alpha value is -9.94. The third-order valence-corrected chi connectivity index (χ3v) is 20.4. The molecule has 40 heteroatoms. The summed E-state index contributed by atoms with van der Waals surface area (Å²) in [7, 11) is 1.45. The fourth-order valence-electron chi connectivity index (χ4n) is 13.2. The number of nitrogens with two attached hydrogens (primary N) is 2. The Balaban J connectivity index is 1.16. The summed E-state index contributed by atoms with van der Waals surface area (Å²) in [5.41, 5.74) is 6.37. The molecule has 7 aliphatic heterocycles. The molecular weight excluding hydrogens is 1530 g/mol. The molecule has 7 aliphatic rings. The number of phenolic OH excluding ortho intramolecular Hbond substituents is 3. The third-order valence-electron chi connectivity index (χ3n) is 18.9. The molecule has 594 valence electrons. The summed E-state index contributed by atoms with van der Waals surface area (Å²) in [6.45, 7) is 6.51. The number of carboxylic acid groups (broad SMARTS) is 1. The van der Waals surface area contributed by atoms with Crippen molar-refractivity contribution in [1.29, 1.82) is 0 Å². The van der Waals surface area contributed by atoms with Crippen LogP contribution in [0.1, 0.15) is 111 Å². The van der Waals surface area contributed by atoms with E-state index in [-0.39, 0.29) is 29.9 Å². The van der Waals surface area contributed by atoms with Crippen LogP contribution in [0.5, 0.6) is 46.0 Å². The second kappa shape index (κ2) is 33.2. The quantitative estimate of drug-likeness (QED) is 0.0519. The maximum absolute atomic E-state index is 16.2. The van der Waals surface area contributed by atoms with E-state index in [1.807, 2.05) is 0 Å². The highest BCUT2D eigenvalue weighted by Gasteiger charge is 2.52. The SMILES string of the molecule is CN[C@H](CC(C)C)C(=O)N[C@H]1C(=O)N[C@@H](CC(N)=O)C(=O)N[C@H]2C(=O)N[C@H]3C(=O)N[C@H](C(=O)N[C@@H](C(=O)O)c4cc(O)cc(O)c4-c4cc3ccc4O)[C@H](O)c3ccc(c(Cl)c3)Oc3cc2cc(c3OC2OC(CSc3nccc(C(F)(F)F)n3)C(O)C(O)C2OC2CC(C)(N)C(O)C(C)O2)Oc2ccc(cc2Cl)[C@H]1O. The summed E-state index contributed by atoms with van der Waals surface area (Å²) in [4.78, 5) is 125. The molecule has 11 bridgehead atoms. The first kappa shape index (κ1) is 82.0. The number of thioether (sulfide) groups is 1. The van der Waals surface area contributed by atoms with Crippen LogP contribution in [0, 0.1) is 5.92 Å². The first-order chi connectivity index (χ1) is 52.3. The van der Waals surface area contributed by atoms with Gasteiger partial charge in [0.1, 0.15) is 89.1 Å². The first-order valence-electron chi connectivity index (χ1n) is 34.2. The van der Waals surface area contributed by atoms with E-state index in [9.17, 15) is 83.1 Å². The van der Waals surface area contributed by atoms with Gasteiger partial charge in [0.2, 0.25) is 53.4 Å². The van der Waals surface area contributed by atoms with Crippen LogP contribution in [0.3, 0.4) is 0 Å². The van der Waals surface area contributed by atoms with Gasteiger partial charge in [0.15, 0.2) is 35.1 Å². The lowest BCUT2D eigenvalue weighted by atomic mass is 9.86. The third kappa shape index (κ3) is 18.0. The maximum atomic E-state index is 16.2. The lowest BCUT2D eigenvalue weighted by molar-refractivity contribution is -0.329. The van der Waals surface area contributed by atoms with Gasteiger partial charge in [-0.25, -0.2) is 14.8 Å². The van der Waals surface area contributed by atoms with Gasteiger partial charge in [-0.3, -0.25) is 33.6 Å². The van der Waals surface area contributed by atoms with Gasteiger partial charge in [0.25, 0.3) is 0 Å². The van der Waals surface area contributed by atoms with Gasteiger partial charge >= 0.3 is 12.1 Å². The number of ether oxygens (including phenoxy) is 6. The van der Waals surface area contributed by atoms with E-state index in [2.05, 4.69) is 47.2 Å². The van der Waals surface area contributed by atoms with Crippen molar-refractivity contribution in [1.82, 2.24) is 47.2 Å². The molecule has 0 spiro atoms. The number of carbonyl (C=O) groups is 8. The van der Waals surface area contributed by atoms with Gasteiger partial charge < -0.3 is 123 Å². The molecule has 8 heterocycles. The van der Waals surface area contributed by atoms with Crippen LogP contribution >= 0.6 is 35.0 Å². The standard InChI is InChI=1S/C71H76Cl2F3N11O23S/c1-25(2)14-36(79-5)61(97)86-52-54(92)28-7-10-40(34(72)16-28)106-42-18-30-19-43(58(42)110-68-59(109-47-23-70(4,78)60(96)26(3)105-47)57(95)56(94)44(108-68)24-111-69-80-13-12-45(82-69)71(74,75)76)107-41-11-8-29(17-35(41)73)55(93)53-66(102)85-51(67(103)104)33-20-31(88)21-39(90)48(33)32-15-27(6-9-38(32)89)49(63(99)87-53)84-64(100)50(30)83-62(98)37(22-46(77)91)81-65(52)101/h6-13,15-21,25-26,36-37,44,47,49-57,59-60,68,79,88-90,92-96H,14,22-24,78H2,1-5H3,(H2,77,91)(H,81,101)(H,83,98)(H,84,100)(H,85,102)(H,86,97)(H,87,99)(H,103,104)/t26?,36-,37+,44?,47?,49-,50-,51-,52-,53+,54-,55-,56?,57?,59?,60?,68?,70?/m1/s1. The zero-order chi connectivity index (χ0) is 80.7. The lowest BCUT2D eigenvalue weighted by Gasteiger charge is -2.47. The Kier molecular flexibility index (Phi) is 24.5. The molecule has 13 rings (SSSR count). The van der Waals surface area contributed by atoms with Gasteiger partial charge in [0.05, 0.1) is 40.8 Å². The van der Waals surface area contributed by atoms with Crippen molar-refractivity contribution in [3.8, 4) is 57.1 Å². The molecule has 2 saturated heterocycles. The number of likely N-dealkylation sites (N-methyl/N-ethyl adjacent to an activating group) is 1. The number of halogens is 5. The highest BCUT2D eigenvalue weighted by Crippen LogP contribution is 2.50. The van der Waals surface area contributed by atoms with Crippen LogP contribution in [0.4, 0.5) is 13.2 Å². The van der Waals surface area contributed by atoms with Crippen LogP contribution < -0.4 is 62.9 Å². The molecule has 0 radical (unpaired) electrons. The van der Waals surface area contributed by atoms with Crippen molar-refractivity contribution >= 4 is 82.3 Å². The molecule has 1 aromatic heterocycles. The van der Waals surface area contributed by atoms with Crippen molar-refractivity contribution in [3.63, 3.8) is 0 Å². The number of aromatic nitrogens is 2. The zero-order valence-electron chi connectivity index (χ0n) is 59.0. The molecule has 0 aliphatic carbocycles. The van der Waals surface area contributed by atoms with Crippen molar-refractivity contribution in [2.24, 2.45) is 17.4 Å². The second-order valence-electron chi connectivity index (χ2n) is 27.6. The summed E-state index contributed by atoms with van der Waals surface area (Å²) in [6, 6.07) is -0.867. The number of aromatic hydroxyl groups is 3. The fraction of sp³-hybridized carbons (Fsp3) is 0.408. The summed E-state index contributed by atoms with van der Waals surface area (Å²) in [5.74, 6) is -17.3. The summed E-state index contributed by atoms with van der Waals surface area (Å²) in [5, 5.41) is 121. The summed E-state index contributed by atoms with van der Waals surface area (Å²) >= 11 is 14.7. The van der Waals surface area contributed by atoms with E-state index in [4.69, 9.17) is 63.1 Å². The van der Waals surface area contributed by atoms with Crippen LogP contribution in [0.15, 0.2) is 96.3 Å². The van der Waals surface area contributed by atoms with Crippen LogP contribution in [0.2, 0.25) is 10.0 Å². The molecule has 34 nitrogen and oxygen atoms in total. The smallest absolute Gasteiger partial charge is 0.433 e.